The van der Waals surface area contributed by atoms with Crippen LogP contribution in [0.15, 0.2) is 0 Å². The minimum absolute atomic E-state index is 0.0243. The zero-order valence-electron chi connectivity index (χ0n) is 12.2. The summed E-state index contributed by atoms with van der Waals surface area (Å²) in [7, 11) is 0. The van der Waals surface area contributed by atoms with Crippen LogP contribution in [0.1, 0.15) is 80.1 Å². The first-order valence-electron chi connectivity index (χ1n) is 6.87. The van der Waals surface area contributed by atoms with Crippen LogP contribution in [-0.4, -0.2) is 5.78 Å². The normalized spacial score (nSPS) is 19.6. The van der Waals surface area contributed by atoms with Crippen LogP contribution in [0.4, 0.5) is 0 Å². The molecule has 1 rings (SSSR count). The summed E-state index contributed by atoms with van der Waals surface area (Å²) in [5, 5.41) is 0. The molecular weight excluding hydrogens is 196 g/mol. The van der Waals surface area contributed by atoms with Gasteiger partial charge < -0.3 is 0 Å². The highest BCUT2D eigenvalue weighted by molar-refractivity contribution is 5.82. The van der Waals surface area contributed by atoms with E-state index in [-0.39, 0.29) is 10.8 Å². The van der Waals surface area contributed by atoms with Crippen LogP contribution in [0.3, 0.4) is 0 Å². The number of hydrogen-bond acceptors (Lipinski definition) is 1. The molecule has 0 aromatic heterocycles. The van der Waals surface area contributed by atoms with E-state index in [1.807, 2.05) is 13.8 Å². The third kappa shape index (κ3) is 4.67. The summed E-state index contributed by atoms with van der Waals surface area (Å²) in [6, 6.07) is 0. The Balaban J connectivity index is 0.00000106. The van der Waals surface area contributed by atoms with E-state index in [4.69, 9.17) is 0 Å². The van der Waals surface area contributed by atoms with Gasteiger partial charge in [0.15, 0.2) is 0 Å². The average molecular weight is 226 g/mol. The number of carbonyl (C=O) groups is 1. The molecule has 0 aliphatic heterocycles. The number of ketones is 1. The second-order valence-electron chi connectivity index (χ2n) is 6.13. The minimum atomic E-state index is 0.0243. The summed E-state index contributed by atoms with van der Waals surface area (Å²) < 4.78 is 0. The molecule has 0 bridgehead atoms. The van der Waals surface area contributed by atoms with E-state index in [9.17, 15) is 4.79 Å². The molecule has 16 heavy (non-hydrogen) atoms. The second-order valence-corrected chi connectivity index (χ2v) is 6.13. The molecule has 0 radical (unpaired) electrons. The third-order valence-electron chi connectivity index (χ3n) is 3.43. The van der Waals surface area contributed by atoms with Gasteiger partial charge in [-0.3, -0.25) is 4.79 Å². The zero-order valence-corrected chi connectivity index (χ0v) is 12.2. The standard InChI is InChI=1S/C13H24O.C2H6/c1-11(14)13(10-12(2,3)4)8-6-5-7-9-13;1-2/h5-10H2,1-4H3;1-2H3. The summed E-state index contributed by atoms with van der Waals surface area (Å²) in [6.07, 6.45) is 7.12. The Morgan fingerprint density at radius 2 is 1.50 bits per heavy atom. The van der Waals surface area contributed by atoms with Crippen molar-refractivity contribution in [2.24, 2.45) is 10.8 Å². The highest BCUT2D eigenvalue weighted by Crippen LogP contribution is 2.45. The summed E-state index contributed by atoms with van der Waals surface area (Å²) in [6.45, 7) is 12.5. The van der Waals surface area contributed by atoms with E-state index in [1.54, 1.807) is 6.92 Å². The van der Waals surface area contributed by atoms with E-state index in [1.165, 1.54) is 19.3 Å². The summed E-state index contributed by atoms with van der Waals surface area (Å²) >= 11 is 0. The lowest BCUT2D eigenvalue weighted by Crippen LogP contribution is -2.35. The largest absolute Gasteiger partial charge is 0.299 e. The quantitative estimate of drug-likeness (QED) is 0.648. The molecule has 0 amide bonds. The van der Waals surface area contributed by atoms with Crippen molar-refractivity contribution >= 4 is 5.78 Å². The van der Waals surface area contributed by atoms with Gasteiger partial charge in [0.2, 0.25) is 0 Å². The molecule has 1 heteroatoms. The first kappa shape index (κ1) is 15.7. The molecule has 1 fully saturated rings. The predicted octanol–water partition coefficient (Wildman–Crippen LogP) is 4.99. The molecular formula is C15H30O. The molecule has 0 heterocycles. The van der Waals surface area contributed by atoms with Crippen LogP contribution < -0.4 is 0 Å². The summed E-state index contributed by atoms with van der Waals surface area (Å²) in [5.41, 5.74) is 0.305. The lowest BCUT2D eigenvalue weighted by atomic mass is 9.64. The summed E-state index contributed by atoms with van der Waals surface area (Å²) in [4.78, 5) is 11.8. The smallest absolute Gasteiger partial charge is 0.135 e. The first-order chi connectivity index (χ1) is 7.36. The van der Waals surface area contributed by atoms with Crippen LogP contribution in [0, 0.1) is 10.8 Å². The lowest BCUT2D eigenvalue weighted by molar-refractivity contribution is -0.130. The van der Waals surface area contributed by atoms with Crippen LogP contribution in [-0.2, 0) is 4.79 Å². The van der Waals surface area contributed by atoms with Crippen molar-refractivity contribution in [2.75, 3.05) is 0 Å². The number of rotatable bonds is 2. The highest BCUT2D eigenvalue weighted by Gasteiger charge is 2.39. The Hall–Kier alpha value is -0.330. The fraction of sp³-hybridized carbons (Fsp3) is 0.933. The highest BCUT2D eigenvalue weighted by atomic mass is 16.1. The van der Waals surface area contributed by atoms with Gasteiger partial charge in [-0.1, -0.05) is 53.9 Å². The molecule has 0 aromatic carbocycles. The van der Waals surface area contributed by atoms with Gasteiger partial charge in [0.05, 0.1) is 0 Å². The van der Waals surface area contributed by atoms with Crippen LogP contribution in [0.2, 0.25) is 0 Å². The molecule has 96 valence electrons. The van der Waals surface area contributed by atoms with E-state index in [0.717, 1.165) is 19.3 Å². The van der Waals surface area contributed by atoms with Crippen molar-refractivity contribution in [1.82, 2.24) is 0 Å². The van der Waals surface area contributed by atoms with Crippen LogP contribution in [0.25, 0.3) is 0 Å². The van der Waals surface area contributed by atoms with Crippen LogP contribution in [0.5, 0.6) is 0 Å². The Morgan fingerprint density at radius 3 is 1.81 bits per heavy atom. The van der Waals surface area contributed by atoms with Crippen molar-refractivity contribution in [3.05, 3.63) is 0 Å². The van der Waals surface area contributed by atoms with Gasteiger partial charge in [-0.2, -0.15) is 0 Å². The van der Waals surface area contributed by atoms with Crippen LogP contribution >= 0.6 is 0 Å². The zero-order chi connectivity index (χ0) is 12.8. The SMILES string of the molecule is CC.CC(=O)C1(CC(C)(C)C)CCCCC1. The van der Waals surface area contributed by atoms with Crippen molar-refractivity contribution in [3.8, 4) is 0 Å². The van der Waals surface area contributed by atoms with E-state index >= 15 is 0 Å². The van der Waals surface area contributed by atoms with E-state index < -0.39 is 0 Å². The number of carbonyl (C=O) groups excluding carboxylic acids is 1. The van der Waals surface area contributed by atoms with Crippen molar-refractivity contribution in [1.29, 1.82) is 0 Å². The van der Waals surface area contributed by atoms with E-state index in [0.29, 0.717) is 5.78 Å². The monoisotopic (exact) mass is 226 g/mol. The van der Waals surface area contributed by atoms with Gasteiger partial charge >= 0.3 is 0 Å². The Kier molecular flexibility index (Phi) is 6.28. The molecule has 1 aliphatic carbocycles. The fourth-order valence-corrected chi connectivity index (χ4v) is 2.90. The number of Topliss-reactive ketones (excluding diaryl/α,β-unsaturated/α-hetero) is 1. The average Bonchev–Trinajstić information content (AvgIpc) is 2.19. The second kappa shape index (κ2) is 6.42. The molecule has 0 unspecified atom stereocenters. The van der Waals surface area contributed by atoms with Gasteiger partial charge in [0, 0.05) is 5.41 Å². The Morgan fingerprint density at radius 1 is 1.06 bits per heavy atom. The molecule has 0 N–H and O–H groups in total. The van der Waals surface area contributed by atoms with Gasteiger partial charge in [-0.05, 0) is 31.6 Å². The van der Waals surface area contributed by atoms with E-state index in [2.05, 4.69) is 20.8 Å². The Bertz CT molecular complexity index is 204. The number of hydrogen-bond donors (Lipinski definition) is 0. The fourth-order valence-electron chi connectivity index (χ4n) is 2.90. The van der Waals surface area contributed by atoms with Gasteiger partial charge in [-0.25, -0.2) is 0 Å². The maximum absolute atomic E-state index is 11.8. The molecule has 0 atom stereocenters. The first-order valence-corrected chi connectivity index (χ1v) is 6.87. The Labute approximate surface area is 102 Å². The van der Waals surface area contributed by atoms with Crippen molar-refractivity contribution in [2.45, 2.75) is 80.1 Å². The summed E-state index contributed by atoms with van der Waals surface area (Å²) in [5.74, 6) is 0.423. The molecule has 1 saturated carbocycles. The topological polar surface area (TPSA) is 17.1 Å². The van der Waals surface area contributed by atoms with Gasteiger partial charge in [0.25, 0.3) is 0 Å². The minimum Gasteiger partial charge on any atom is -0.299 e. The predicted molar refractivity (Wildman–Crippen MR) is 71.6 cm³/mol. The maximum Gasteiger partial charge on any atom is 0.135 e. The van der Waals surface area contributed by atoms with Gasteiger partial charge in [0.1, 0.15) is 5.78 Å². The molecule has 0 saturated heterocycles. The molecule has 1 nitrogen and oxygen atoms in total. The van der Waals surface area contributed by atoms with Gasteiger partial charge in [-0.15, -0.1) is 0 Å². The molecule has 0 aromatic rings. The van der Waals surface area contributed by atoms with Crippen molar-refractivity contribution in [3.63, 3.8) is 0 Å². The maximum atomic E-state index is 11.8. The lowest BCUT2D eigenvalue weighted by Gasteiger charge is -2.39. The van der Waals surface area contributed by atoms with Crippen molar-refractivity contribution < 1.29 is 4.79 Å². The molecule has 1 aliphatic rings. The third-order valence-corrected chi connectivity index (χ3v) is 3.43. The molecule has 0 spiro atoms.